The highest BCUT2D eigenvalue weighted by atomic mass is 32.2. The minimum Gasteiger partial charge on any atom is -0.496 e. The summed E-state index contributed by atoms with van der Waals surface area (Å²) in [5.74, 6) is -0.941. The number of carboxylic acid groups (broad SMARTS) is 1. The van der Waals surface area contributed by atoms with Gasteiger partial charge in [-0.3, -0.25) is 9.69 Å². The SMILES string of the molecule is COc1ccccc1/C=C1/SC(=S)N(C(C(=O)O)c2ccccc2)C1=O. The fourth-order valence-corrected chi connectivity index (χ4v) is 3.97. The summed E-state index contributed by atoms with van der Waals surface area (Å²) in [5.41, 5.74) is 1.22. The molecule has 2 aromatic carbocycles. The Bertz CT molecular complexity index is 895. The summed E-state index contributed by atoms with van der Waals surface area (Å²) in [6, 6.07) is 14.7. The number of carboxylic acids is 1. The number of aliphatic carboxylic acids is 1. The van der Waals surface area contributed by atoms with E-state index < -0.39 is 17.9 Å². The third-order valence-electron chi connectivity index (χ3n) is 3.86. The fraction of sp³-hybridized carbons (Fsp3) is 0.105. The average molecular weight is 385 g/mol. The first-order valence-corrected chi connectivity index (χ1v) is 8.93. The van der Waals surface area contributed by atoms with Gasteiger partial charge in [-0.15, -0.1) is 0 Å². The predicted octanol–water partition coefficient (Wildman–Crippen LogP) is 3.72. The second kappa shape index (κ2) is 7.72. The number of hydrogen-bond donors (Lipinski definition) is 1. The van der Waals surface area contributed by atoms with E-state index in [2.05, 4.69) is 0 Å². The first-order valence-electron chi connectivity index (χ1n) is 7.70. The van der Waals surface area contributed by atoms with E-state index in [1.165, 1.54) is 0 Å². The summed E-state index contributed by atoms with van der Waals surface area (Å²) < 4.78 is 5.51. The summed E-state index contributed by atoms with van der Waals surface area (Å²) in [4.78, 5) is 26.2. The lowest BCUT2D eigenvalue weighted by molar-refractivity contribution is -0.145. The quantitative estimate of drug-likeness (QED) is 0.625. The first-order chi connectivity index (χ1) is 12.5. The molecule has 1 N–H and O–H groups in total. The Morgan fingerprint density at radius 2 is 1.85 bits per heavy atom. The van der Waals surface area contributed by atoms with Gasteiger partial charge in [0.2, 0.25) is 0 Å². The van der Waals surface area contributed by atoms with Gasteiger partial charge in [-0.25, -0.2) is 4.79 Å². The number of hydrogen-bond acceptors (Lipinski definition) is 5. The van der Waals surface area contributed by atoms with Gasteiger partial charge in [0.05, 0.1) is 12.0 Å². The number of carbonyl (C=O) groups is 2. The predicted molar refractivity (Wildman–Crippen MR) is 105 cm³/mol. The molecule has 0 aromatic heterocycles. The number of thiocarbonyl (C=S) groups is 1. The highest BCUT2D eigenvalue weighted by Crippen LogP contribution is 2.39. The highest BCUT2D eigenvalue weighted by molar-refractivity contribution is 8.26. The number of ether oxygens (including phenoxy) is 1. The van der Waals surface area contributed by atoms with Crippen LogP contribution >= 0.6 is 24.0 Å². The molecule has 1 aliphatic heterocycles. The molecule has 0 spiro atoms. The standard InChI is InChI=1S/C19H15NO4S2/c1-24-14-10-6-5-9-13(14)11-15-17(21)20(19(25)26-15)16(18(22)23)12-7-3-2-4-8-12/h2-11,16H,1H3,(H,22,23)/b15-11+. The van der Waals surface area contributed by atoms with E-state index in [4.69, 9.17) is 17.0 Å². The van der Waals surface area contributed by atoms with Crippen LogP contribution in [-0.4, -0.2) is 33.3 Å². The third kappa shape index (κ3) is 3.49. The zero-order valence-electron chi connectivity index (χ0n) is 13.8. The van der Waals surface area contributed by atoms with Crippen LogP contribution < -0.4 is 4.74 Å². The maximum absolute atomic E-state index is 12.9. The summed E-state index contributed by atoms with van der Waals surface area (Å²) in [7, 11) is 1.55. The van der Waals surface area contributed by atoms with Crippen LogP contribution in [0.4, 0.5) is 0 Å². The molecule has 1 atom stereocenters. The Labute approximate surface area is 160 Å². The molecule has 1 unspecified atom stereocenters. The molecule has 7 heteroatoms. The van der Waals surface area contributed by atoms with Crippen molar-refractivity contribution in [3.05, 3.63) is 70.6 Å². The molecule has 1 heterocycles. The number of benzene rings is 2. The van der Waals surface area contributed by atoms with Crippen LogP contribution in [0.5, 0.6) is 5.75 Å². The number of amides is 1. The normalized spacial score (nSPS) is 16.8. The second-order valence-electron chi connectivity index (χ2n) is 5.45. The Hall–Kier alpha value is -2.64. The van der Waals surface area contributed by atoms with Crippen molar-refractivity contribution in [1.82, 2.24) is 4.90 Å². The van der Waals surface area contributed by atoms with Gasteiger partial charge in [0.15, 0.2) is 6.04 Å². The van der Waals surface area contributed by atoms with E-state index in [1.54, 1.807) is 49.6 Å². The minimum absolute atomic E-state index is 0.215. The Morgan fingerprint density at radius 1 is 1.19 bits per heavy atom. The number of nitrogens with zero attached hydrogens (tertiary/aromatic N) is 1. The summed E-state index contributed by atoms with van der Waals surface area (Å²) in [5, 5.41) is 9.68. The lowest BCUT2D eigenvalue weighted by Gasteiger charge is -2.23. The first kappa shape index (κ1) is 18.2. The van der Waals surface area contributed by atoms with Crippen LogP contribution in [-0.2, 0) is 9.59 Å². The van der Waals surface area contributed by atoms with Gasteiger partial charge in [-0.2, -0.15) is 0 Å². The zero-order chi connectivity index (χ0) is 18.7. The maximum atomic E-state index is 12.9. The van der Waals surface area contributed by atoms with Gasteiger partial charge >= 0.3 is 5.97 Å². The van der Waals surface area contributed by atoms with Crippen LogP contribution in [0.1, 0.15) is 17.2 Å². The molecule has 1 amide bonds. The largest absolute Gasteiger partial charge is 0.496 e. The number of carbonyl (C=O) groups excluding carboxylic acids is 1. The van der Waals surface area contributed by atoms with Crippen LogP contribution in [0.15, 0.2) is 59.5 Å². The maximum Gasteiger partial charge on any atom is 0.331 e. The molecule has 0 aliphatic carbocycles. The van der Waals surface area contributed by atoms with Gasteiger partial charge in [0.25, 0.3) is 5.91 Å². The van der Waals surface area contributed by atoms with Crippen LogP contribution in [0, 0.1) is 0 Å². The molecule has 26 heavy (non-hydrogen) atoms. The molecule has 0 bridgehead atoms. The van der Waals surface area contributed by atoms with Crippen molar-refractivity contribution in [2.45, 2.75) is 6.04 Å². The monoisotopic (exact) mass is 385 g/mol. The van der Waals surface area contributed by atoms with Gasteiger partial charge in [0.1, 0.15) is 10.1 Å². The van der Waals surface area contributed by atoms with Crippen LogP contribution in [0.25, 0.3) is 6.08 Å². The second-order valence-corrected chi connectivity index (χ2v) is 7.12. The Balaban J connectivity index is 1.98. The summed E-state index contributed by atoms with van der Waals surface area (Å²) in [6.07, 6.45) is 1.67. The van der Waals surface area contributed by atoms with Crippen molar-refractivity contribution in [3.8, 4) is 5.75 Å². The molecule has 1 aliphatic rings. The van der Waals surface area contributed by atoms with E-state index in [0.717, 1.165) is 22.2 Å². The van der Waals surface area contributed by atoms with E-state index in [0.29, 0.717) is 16.2 Å². The lowest BCUT2D eigenvalue weighted by atomic mass is 10.1. The smallest absolute Gasteiger partial charge is 0.331 e. The van der Waals surface area contributed by atoms with Crippen molar-refractivity contribution in [2.24, 2.45) is 0 Å². The molecular formula is C19H15NO4S2. The van der Waals surface area contributed by atoms with Gasteiger partial charge < -0.3 is 9.84 Å². The van der Waals surface area contributed by atoms with Gasteiger partial charge in [-0.05, 0) is 17.7 Å². The van der Waals surface area contributed by atoms with Gasteiger partial charge in [0, 0.05) is 5.56 Å². The number of para-hydroxylation sites is 1. The summed E-state index contributed by atoms with van der Waals surface area (Å²) >= 11 is 6.39. The average Bonchev–Trinajstić information content (AvgIpc) is 2.91. The third-order valence-corrected chi connectivity index (χ3v) is 5.19. The van der Waals surface area contributed by atoms with Crippen LogP contribution in [0.2, 0.25) is 0 Å². The molecule has 5 nitrogen and oxygen atoms in total. The van der Waals surface area contributed by atoms with Crippen molar-refractivity contribution < 1.29 is 19.4 Å². The van der Waals surface area contributed by atoms with Crippen molar-refractivity contribution in [3.63, 3.8) is 0 Å². The van der Waals surface area contributed by atoms with Crippen molar-refractivity contribution in [1.29, 1.82) is 0 Å². The Morgan fingerprint density at radius 3 is 2.50 bits per heavy atom. The summed E-state index contributed by atoms with van der Waals surface area (Å²) in [6.45, 7) is 0. The molecule has 1 fully saturated rings. The van der Waals surface area contributed by atoms with E-state index >= 15 is 0 Å². The fourth-order valence-electron chi connectivity index (χ4n) is 2.67. The molecule has 1 saturated heterocycles. The Kier molecular flexibility index (Phi) is 5.39. The van der Waals surface area contributed by atoms with Gasteiger partial charge in [-0.1, -0.05) is 72.5 Å². The van der Waals surface area contributed by atoms with E-state index in [-0.39, 0.29) is 4.32 Å². The van der Waals surface area contributed by atoms with Crippen molar-refractivity contribution in [2.75, 3.05) is 7.11 Å². The minimum atomic E-state index is -1.16. The molecule has 0 radical (unpaired) electrons. The van der Waals surface area contributed by atoms with E-state index in [9.17, 15) is 14.7 Å². The van der Waals surface area contributed by atoms with Crippen LogP contribution in [0.3, 0.4) is 0 Å². The van der Waals surface area contributed by atoms with Crippen molar-refractivity contribution >= 4 is 46.3 Å². The number of rotatable bonds is 5. The molecule has 132 valence electrons. The topological polar surface area (TPSA) is 66.8 Å². The molecule has 3 rings (SSSR count). The highest BCUT2D eigenvalue weighted by Gasteiger charge is 2.41. The number of methoxy groups -OCH3 is 1. The van der Waals surface area contributed by atoms with E-state index in [1.807, 2.05) is 18.2 Å². The lowest BCUT2D eigenvalue weighted by Crippen LogP contribution is -2.37. The number of thioether (sulfide) groups is 1. The molecular weight excluding hydrogens is 370 g/mol. The molecule has 2 aromatic rings. The molecule has 0 saturated carbocycles. The zero-order valence-corrected chi connectivity index (χ0v) is 15.4.